The van der Waals surface area contributed by atoms with E-state index in [1.165, 1.54) is 0 Å². The maximum Gasteiger partial charge on any atom is 0.340 e. The fourth-order valence-electron chi connectivity index (χ4n) is 2.45. The number of aryl methyl sites for hydroxylation is 2. The highest BCUT2D eigenvalue weighted by Gasteiger charge is 2.17. The summed E-state index contributed by atoms with van der Waals surface area (Å²) in [4.78, 5) is 24.7. The van der Waals surface area contributed by atoms with Gasteiger partial charge in [-0.25, -0.2) is 9.59 Å². The second-order valence-corrected chi connectivity index (χ2v) is 5.17. The SMILES string of the molecule is CCCCn1cc(C)n(-c2ccccc2C(=O)OCC)c1=O. The first-order chi connectivity index (χ1) is 10.6. The summed E-state index contributed by atoms with van der Waals surface area (Å²) in [6.07, 6.45) is 3.80. The Kier molecular flexibility index (Phi) is 5.20. The largest absolute Gasteiger partial charge is 0.462 e. The molecule has 2 aromatic rings. The van der Waals surface area contributed by atoms with Crippen LogP contribution in [0.4, 0.5) is 0 Å². The smallest absolute Gasteiger partial charge is 0.340 e. The summed E-state index contributed by atoms with van der Waals surface area (Å²) in [5.74, 6) is -0.411. The fraction of sp³-hybridized carbons (Fsp3) is 0.412. The van der Waals surface area contributed by atoms with Gasteiger partial charge in [0.2, 0.25) is 0 Å². The maximum absolute atomic E-state index is 12.6. The molecule has 5 nitrogen and oxygen atoms in total. The van der Waals surface area contributed by atoms with Crippen molar-refractivity contribution in [1.29, 1.82) is 0 Å². The molecule has 0 spiro atoms. The number of ether oxygens (including phenoxy) is 1. The molecule has 22 heavy (non-hydrogen) atoms. The third-order valence-corrected chi connectivity index (χ3v) is 3.53. The van der Waals surface area contributed by atoms with Crippen LogP contribution in [0.15, 0.2) is 35.3 Å². The van der Waals surface area contributed by atoms with Crippen LogP contribution in [0.25, 0.3) is 5.69 Å². The predicted octanol–water partition coefficient (Wildman–Crippen LogP) is 2.92. The minimum Gasteiger partial charge on any atom is -0.462 e. The Morgan fingerprint density at radius 2 is 1.95 bits per heavy atom. The van der Waals surface area contributed by atoms with Gasteiger partial charge in [0.05, 0.1) is 17.9 Å². The van der Waals surface area contributed by atoms with Crippen molar-refractivity contribution in [1.82, 2.24) is 9.13 Å². The molecule has 0 bridgehead atoms. The summed E-state index contributed by atoms with van der Waals surface area (Å²) in [5, 5.41) is 0. The van der Waals surface area contributed by atoms with Crippen LogP contribution in [-0.4, -0.2) is 21.7 Å². The molecule has 118 valence electrons. The molecule has 0 fully saturated rings. The summed E-state index contributed by atoms with van der Waals surface area (Å²) in [7, 11) is 0. The monoisotopic (exact) mass is 302 g/mol. The molecule has 1 aromatic heterocycles. The van der Waals surface area contributed by atoms with Gasteiger partial charge in [0.1, 0.15) is 0 Å². The molecular weight excluding hydrogens is 280 g/mol. The zero-order valence-corrected chi connectivity index (χ0v) is 13.3. The first-order valence-electron chi connectivity index (χ1n) is 7.65. The highest BCUT2D eigenvalue weighted by Crippen LogP contribution is 2.16. The second kappa shape index (κ2) is 7.11. The van der Waals surface area contributed by atoms with E-state index < -0.39 is 5.97 Å². The number of hydrogen-bond donors (Lipinski definition) is 0. The van der Waals surface area contributed by atoms with Gasteiger partial charge in [-0.1, -0.05) is 25.5 Å². The van der Waals surface area contributed by atoms with E-state index in [1.807, 2.05) is 19.2 Å². The first kappa shape index (κ1) is 16.1. The number of carbonyl (C=O) groups excluding carboxylic acids is 1. The molecule has 0 amide bonds. The van der Waals surface area contributed by atoms with Crippen molar-refractivity contribution in [3.05, 3.63) is 52.2 Å². The van der Waals surface area contributed by atoms with Gasteiger partial charge in [-0.3, -0.25) is 9.13 Å². The predicted molar refractivity (Wildman–Crippen MR) is 85.6 cm³/mol. The van der Waals surface area contributed by atoms with E-state index in [0.717, 1.165) is 18.5 Å². The second-order valence-electron chi connectivity index (χ2n) is 5.17. The van der Waals surface area contributed by atoms with Crippen molar-refractivity contribution in [3.63, 3.8) is 0 Å². The molecule has 0 atom stereocenters. The van der Waals surface area contributed by atoms with E-state index in [4.69, 9.17) is 4.74 Å². The minimum atomic E-state index is -0.411. The van der Waals surface area contributed by atoms with Crippen LogP contribution in [0.3, 0.4) is 0 Å². The topological polar surface area (TPSA) is 53.2 Å². The first-order valence-corrected chi connectivity index (χ1v) is 7.65. The Bertz CT molecular complexity index is 713. The van der Waals surface area contributed by atoms with Gasteiger partial charge in [0.25, 0.3) is 0 Å². The zero-order chi connectivity index (χ0) is 16.1. The van der Waals surface area contributed by atoms with Crippen molar-refractivity contribution in [3.8, 4) is 5.69 Å². The number of benzene rings is 1. The van der Waals surface area contributed by atoms with E-state index in [2.05, 4.69) is 6.92 Å². The Hall–Kier alpha value is -2.30. The lowest BCUT2D eigenvalue weighted by molar-refractivity contribution is 0.0526. The molecule has 2 rings (SSSR count). The summed E-state index contributed by atoms with van der Waals surface area (Å²) < 4.78 is 8.35. The van der Waals surface area contributed by atoms with Crippen LogP contribution >= 0.6 is 0 Å². The van der Waals surface area contributed by atoms with Crippen LogP contribution in [0, 0.1) is 6.92 Å². The Balaban J connectivity index is 2.51. The Morgan fingerprint density at radius 1 is 1.23 bits per heavy atom. The molecule has 0 N–H and O–H groups in total. The van der Waals surface area contributed by atoms with Gasteiger partial charge in [0, 0.05) is 18.4 Å². The van der Waals surface area contributed by atoms with E-state index in [1.54, 1.807) is 34.3 Å². The van der Waals surface area contributed by atoms with E-state index >= 15 is 0 Å². The number of aromatic nitrogens is 2. The van der Waals surface area contributed by atoms with E-state index in [-0.39, 0.29) is 5.69 Å². The summed E-state index contributed by atoms with van der Waals surface area (Å²) in [6.45, 7) is 6.71. The highest BCUT2D eigenvalue weighted by molar-refractivity contribution is 5.93. The highest BCUT2D eigenvalue weighted by atomic mass is 16.5. The molecule has 5 heteroatoms. The van der Waals surface area contributed by atoms with Crippen molar-refractivity contribution in [2.75, 3.05) is 6.61 Å². The minimum absolute atomic E-state index is 0.123. The lowest BCUT2D eigenvalue weighted by Crippen LogP contribution is -2.25. The number of imidazole rings is 1. The van der Waals surface area contributed by atoms with E-state index in [0.29, 0.717) is 24.4 Å². The fourth-order valence-corrected chi connectivity index (χ4v) is 2.45. The molecule has 0 aliphatic rings. The van der Waals surface area contributed by atoms with Gasteiger partial charge in [-0.2, -0.15) is 0 Å². The lowest BCUT2D eigenvalue weighted by atomic mass is 10.1. The third-order valence-electron chi connectivity index (χ3n) is 3.53. The lowest BCUT2D eigenvalue weighted by Gasteiger charge is -2.10. The van der Waals surface area contributed by atoms with Crippen molar-refractivity contribution >= 4 is 5.97 Å². The quantitative estimate of drug-likeness (QED) is 0.771. The Labute approximate surface area is 130 Å². The summed E-state index contributed by atoms with van der Waals surface area (Å²) in [5.41, 5.74) is 1.65. The molecule has 0 unspecified atom stereocenters. The van der Waals surface area contributed by atoms with E-state index in [9.17, 15) is 9.59 Å². The van der Waals surface area contributed by atoms with Crippen LogP contribution < -0.4 is 5.69 Å². The third kappa shape index (κ3) is 3.13. The average molecular weight is 302 g/mol. The number of rotatable bonds is 6. The number of carbonyl (C=O) groups is 1. The average Bonchev–Trinajstić information content (AvgIpc) is 2.79. The normalized spacial score (nSPS) is 10.7. The molecule has 0 aliphatic carbocycles. The standard InChI is InChI=1S/C17H22N2O3/c1-4-6-11-18-12-13(3)19(17(18)21)15-10-8-7-9-14(15)16(20)22-5-2/h7-10,12H,4-6,11H2,1-3H3. The van der Waals surface area contributed by atoms with Crippen LogP contribution in [0.1, 0.15) is 42.7 Å². The Morgan fingerprint density at radius 3 is 2.64 bits per heavy atom. The number of nitrogens with zero attached hydrogens (tertiary/aromatic N) is 2. The molecule has 1 aromatic carbocycles. The molecular formula is C17H22N2O3. The number of esters is 1. The molecule has 0 aliphatic heterocycles. The van der Waals surface area contributed by atoms with Gasteiger partial charge < -0.3 is 4.74 Å². The van der Waals surface area contributed by atoms with Crippen LogP contribution in [0.2, 0.25) is 0 Å². The summed E-state index contributed by atoms with van der Waals surface area (Å²) in [6, 6.07) is 7.03. The molecule has 0 saturated heterocycles. The number of para-hydroxylation sites is 1. The van der Waals surface area contributed by atoms with Crippen molar-refractivity contribution in [2.45, 2.75) is 40.2 Å². The van der Waals surface area contributed by atoms with Crippen LogP contribution in [0.5, 0.6) is 0 Å². The van der Waals surface area contributed by atoms with Gasteiger partial charge in [-0.15, -0.1) is 0 Å². The van der Waals surface area contributed by atoms with Crippen LogP contribution in [-0.2, 0) is 11.3 Å². The molecule has 0 saturated carbocycles. The maximum atomic E-state index is 12.6. The van der Waals surface area contributed by atoms with Crippen molar-refractivity contribution < 1.29 is 9.53 Å². The molecule has 0 radical (unpaired) electrons. The van der Waals surface area contributed by atoms with Gasteiger partial charge in [-0.05, 0) is 32.4 Å². The van der Waals surface area contributed by atoms with Gasteiger partial charge >= 0.3 is 11.7 Å². The number of unbranched alkanes of at least 4 members (excludes halogenated alkanes) is 1. The number of hydrogen-bond acceptors (Lipinski definition) is 3. The zero-order valence-electron chi connectivity index (χ0n) is 13.3. The van der Waals surface area contributed by atoms with Gasteiger partial charge in [0.15, 0.2) is 0 Å². The molecule has 1 heterocycles. The van der Waals surface area contributed by atoms with Crippen molar-refractivity contribution in [2.24, 2.45) is 0 Å². The summed E-state index contributed by atoms with van der Waals surface area (Å²) >= 11 is 0.